The van der Waals surface area contributed by atoms with Gasteiger partial charge in [0.15, 0.2) is 0 Å². The number of imidazole rings is 1. The summed E-state index contributed by atoms with van der Waals surface area (Å²) < 4.78 is 2.22. The zero-order valence-corrected chi connectivity index (χ0v) is 12.5. The van der Waals surface area contributed by atoms with Gasteiger partial charge in [-0.3, -0.25) is 0 Å². The van der Waals surface area contributed by atoms with Gasteiger partial charge in [-0.1, -0.05) is 37.3 Å². The molecule has 0 saturated carbocycles. The Morgan fingerprint density at radius 2 is 2.00 bits per heavy atom. The highest BCUT2D eigenvalue weighted by Gasteiger charge is 2.12. The molecule has 0 fully saturated rings. The van der Waals surface area contributed by atoms with Crippen LogP contribution in [-0.2, 0) is 13.0 Å². The van der Waals surface area contributed by atoms with E-state index in [0.717, 1.165) is 32.4 Å². The summed E-state index contributed by atoms with van der Waals surface area (Å²) in [5.74, 6) is 1.19. The van der Waals surface area contributed by atoms with Crippen LogP contribution in [0.5, 0.6) is 0 Å². The maximum absolute atomic E-state index is 4.47. The minimum absolute atomic E-state index is 0.415. The van der Waals surface area contributed by atoms with Crippen molar-refractivity contribution in [2.24, 2.45) is 0 Å². The molecule has 108 valence electrons. The van der Waals surface area contributed by atoms with E-state index in [9.17, 15) is 0 Å². The molecule has 0 aliphatic carbocycles. The van der Waals surface area contributed by atoms with E-state index in [4.69, 9.17) is 0 Å². The number of nitrogens with one attached hydrogen (secondary N) is 1. The number of benzene rings is 1. The van der Waals surface area contributed by atoms with Gasteiger partial charge in [-0.25, -0.2) is 4.98 Å². The van der Waals surface area contributed by atoms with Gasteiger partial charge in [0.1, 0.15) is 5.82 Å². The molecule has 0 saturated heterocycles. The van der Waals surface area contributed by atoms with Crippen molar-refractivity contribution >= 4 is 0 Å². The van der Waals surface area contributed by atoms with Crippen LogP contribution in [0.25, 0.3) is 0 Å². The second-order valence-corrected chi connectivity index (χ2v) is 5.09. The van der Waals surface area contributed by atoms with Gasteiger partial charge in [0, 0.05) is 31.4 Å². The lowest BCUT2D eigenvalue weighted by Crippen LogP contribution is -2.23. The number of rotatable bonds is 8. The molecule has 3 nitrogen and oxygen atoms in total. The highest BCUT2D eigenvalue weighted by Crippen LogP contribution is 2.18. The van der Waals surface area contributed by atoms with E-state index >= 15 is 0 Å². The second-order valence-electron chi connectivity index (χ2n) is 5.09. The number of hydrogen-bond acceptors (Lipinski definition) is 2. The van der Waals surface area contributed by atoms with Crippen molar-refractivity contribution in [1.29, 1.82) is 0 Å². The zero-order chi connectivity index (χ0) is 14.2. The number of aryl methyl sites for hydroxylation is 2. The Kier molecular flexibility index (Phi) is 5.81. The molecule has 0 bridgehead atoms. The third-order valence-electron chi connectivity index (χ3n) is 3.64. The van der Waals surface area contributed by atoms with Gasteiger partial charge >= 0.3 is 0 Å². The molecule has 0 spiro atoms. The number of nitrogens with zero attached hydrogens (tertiary/aromatic N) is 2. The average molecular weight is 271 g/mol. The zero-order valence-electron chi connectivity index (χ0n) is 12.5. The Hall–Kier alpha value is -1.61. The van der Waals surface area contributed by atoms with E-state index in [0.29, 0.717) is 6.04 Å². The molecule has 0 radical (unpaired) electrons. The molecule has 2 rings (SSSR count). The third-order valence-corrected chi connectivity index (χ3v) is 3.64. The molecule has 1 aromatic carbocycles. The molecule has 1 N–H and O–H groups in total. The van der Waals surface area contributed by atoms with Crippen LogP contribution in [0.3, 0.4) is 0 Å². The SMILES string of the molecule is CCCNC(CCc1nccn1CC)c1ccccc1. The van der Waals surface area contributed by atoms with Crippen LogP contribution in [0, 0.1) is 0 Å². The van der Waals surface area contributed by atoms with E-state index in [1.807, 2.05) is 6.20 Å². The van der Waals surface area contributed by atoms with Gasteiger partial charge in [-0.05, 0) is 31.9 Å². The van der Waals surface area contributed by atoms with E-state index in [-0.39, 0.29) is 0 Å². The van der Waals surface area contributed by atoms with E-state index in [2.05, 4.69) is 65.2 Å². The fourth-order valence-corrected chi connectivity index (χ4v) is 2.52. The molecular weight excluding hydrogens is 246 g/mol. The third kappa shape index (κ3) is 3.94. The van der Waals surface area contributed by atoms with E-state index < -0.39 is 0 Å². The standard InChI is InChI=1S/C17H25N3/c1-3-12-18-16(15-8-6-5-7-9-15)10-11-17-19-13-14-20(17)4-2/h5-9,13-14,16,18H,3-4,10-12H2,1-2H3. The Labute approximate surface area is 122 Å². The smallest absolute Gasteiger partial charge is 0.108 e. The monoisotopic (exact) mass is 271 g/mol. The largest absolute Gasteiger partial charge is 0.335 e. The Bertz CT molecular complexity index is 490. The summed E-state index contributed by atoms with van der Waals surface area (Å²) >= 11 is 0. The predicted octanol–water partition coefficient (Wildman–Crippen LogP) is 3.58. The molecular formula is C17H25N3. The highest BCUT2D eigenvalue weighted by molar-refractivity contribution is 5.19. The first-order chi connectivity index (χ1) is 9.85. The lowest BCUT2D eigenvalue weighted by atomic mass is 10.0. The molecule has 0 aliphatic heterocycles. The van der Waals surface area contributed by atoms with Crippen LogP contribution in [0.15, 0.2) is 42.7 Å². The maximum atomic E-state index is 4.47. The van der Waals surface area contributed by atoms with Crippen LogP contribution in [0.2, 0.25) is 0 Å². The van der Waals surface area contributed by atoms with Crippen molar-refractivity contribution in [2.45, 2.75) is 45.7 Å². The average Bonchev–Trinajstić information content (AvgIpc) is 2.96. The predicted molar refractivity (Wildman–Crippen MR) is 83.7 cm³/mol. The lowest BCUT2D eigenvalue weighted by molar-refractivity contribution is 0.489. The first-order valence-electron chi connectivity index (χ1n) is 7.63. The highest BCUT2D eigenvalue weighted by atomic mass is 15.1. The van der Waals surface area contributed by atoms with Gasteiger partial charge in [-0.15, -0.1) is 0 Å². The molecule has 1 unspecified atom stereocenters. The maximum Gasteiger partial charge on any atom is 0.108 e. The normalized spacial score (nSPS) is 12.5. The van der Waals surface area contributed by atoms with Crippen molar-refractivity contribution in [3.05, 3.63) is 54.1 Å². The first-order valence-corrected chi connectivity index (χ1v) is 7.63. The fourth-order valence-electron chi connectivity index (χ4n) is 2.52. The fraction of sp³-hybridized carbons (Fsp3) is 0.471. The Morgan fingerprint density at radius 1 is 1.20 bits per heavy atom. The summed E-state index contributed by atoms with van der Waals surface area (Å²) in [6, 6.07) is 11.1. The van der Waals surface area contributed by atoms with Crippen LogP contribution in [0.4, 0.5) is 0 Å². The number of hydrogen-bond donors (Lipinski definition) is 1. The van der Waals surface area contributed by atoms with Gasteiger partial charge in [0.05, 0.1) is 0 Å². The second kappa shape index (κ2) is 7.85. The summed E-state index contributed by atoms with van der Waals surface area (Å²) in [7, 11) is 0. The molecule has 1 atom stereocenters. The molecule has 3 heteroatoms. The topological polar surface area (TPSA) is 29.9 Å². The minimum Gasteiger partial charge on any atom is -0.335 e. The molecule has 1 heterocycles. The van der Waals surface area contributed by atoms with Crippen molar-refractivity contribution in [3.8, 4) is 0 Å². The van der Waals surface area contributed by atoms with Crippen molar-refractivity contribution < 1.29 is 0 Å². The Balaban J connectivity index is 2.01. The molecule has 2 aromatic rings. The molecule has 1 aromatic heterocycles. The van der Waals surface area contributed by atoms with E-state index in [1.54, 1.807) is 0 Å². The van der Waals surface area contributed by atoms with E-state index in [1.165, 1.54) is 11.4 Å². The summed E-state index contributed by atoms with van der Waals surface area (Å²) in [4.78, 5) is 4.47. The minimum atomic E-state index is 0.415. The Morgan fingerprint density at radius 3 is 2.70 bits per heavy atom. The number of aromatic nitrogens is 2. The first kappa shape index (κ1) is 14.8. The van der Waals surface area contributed by atoms with Crippen LogP contribution >= 0.6 is 0 Å². The van der Waals surface area contributed by atoms with Crippen molar-refractivity contribution in [3.63, 3.8) is 0 Å². The quantitative estimate of drug-likeness (QED) is 0.795. The summed E-state index contributed by atoms with van der Waals surface area (Å²) in [6.45, 7) is 6.42. The van der Waals surface area contributed by atoms with Gasteiger partial charge in [0.25, 0.3) is 0 Å². The van der Waals surface area contributed by atoms with Crippen molar-refractivity contribution in [2.75, 3.05) is 6.54 Å². The summed E-state index contributed by atoms with van der Waals surface area (Å²) in [6.07, 6.45) is 7.22. The van der Waals surface area contributed by atoms with Gasteiger partial charge < -0.3 is 9.88 Å². The van der Waals surface area contributed by atoms with Gasteiger partial charge in [0.2, 0.25) is 0 Å². The summed E-state index contributed by atoms with van der Waals surface area (Å²) in [5.41, 5.74) is 1.37. The van der Waals surface area contributed by atoms with Gasteiger partial charge in [-0.2, -0.15) is 0 Å². The molecule has 20 heavy (non-hydrogen) atoms. The molecule has 0 amide bonds. The van der Waals surface area contributed by atoms with Crippen LogP contribution in [-0.4, -0.2) is 16.1 Å². The van der Waals surface area contributed by atoms with Crippen LogP contribution < -0.4 is 5.32 Å². The lowest BCUT2D eigenvalue weighted by Gasteiger charge is -2.19. The van der Waals surface area contributed by atoms with Crippen LogP contribution in [0.1, 0.15) is 44.1 Å². The van der Waals surface area contributed by atoms with Crippen molar-refractivity contribution in [1.82, 2.24) is 14.9 Å². The molecule has 0 aliphatic rings. The summed E-state index contributed by atoms with van der Waals surface area (Å²) in [5, 5.41) is 3.65.